The van der Waals surface area contributed by atoms with E-state index in [1.54, 1.807) is 6.92 Å². The molecule has 1 heterocycles. The third-order valence-electron chi connectivity index (χ3n) is 3.53. The van der Waals surface area contributed by atoms with E-state index in [2.05, 4.69) is 29.1 Å². The highest BCUT2D eigenvalue weighted by atomic mass is 32.2. The zero-order valence-electron chi connectivity index (χ0n) is 13.9. The topological polar surface area (TPSA) is 95.1 Å². The highest BCUT2D eigenvalue weighted by molar-refractivity contribution is 7.99. The Hall–Kier alpha value is -2.28. The van der Waals surface area contributed by atoms with Gasteiger partial charge in [-0.2, -0.15) is 4.98 Å². The van der Waals surface area contributed by atoms with E-state index in [1.807, 2.05) is 24.3 Å². The van der Waals surface area contributed by atoms with Gasteiger partial charge < -0.3 is 15.4 Å². The number of aromatic amines is 1. The van der Waals surface area contributed by atoms with Crippen molar-refractivity contribution in [2.75, 3.05) is 11.1 Å². The minimum absolute atomic E-state index is 0.0831. The molecule has 1 amide bonds. The van der Waals surface area contributed by atoms with Crippen LogP contribution in [0.1, 0.15) is 37.8 Å². The second kappa shape index (κ2) is 8.01. The van der Waals surface area contributed by atoms with Crippen LogP contribution in [-0.4, -0.2) is 26.7 Å². The van der Waals surface area contributed by atoms with Crippen LogP contribution in [0.4, 0.5) is 5.69 Å². The largest absolute Gasteiger partial charge is 0.493 e. The van der Waals surface area contributed by atoms with E-state index in [0.29, 0.717) is 12.3 Å². The van der Waals surface area contributed by atoms with Crippen LogP contribution in [-0.2, 0) is 11.2 Å². The fraction of sp³-hybridized carbons (Fsp3) is 0.353. The Morgan fingerprint density at radius 3 is 2.54 bits per heavy atom. The molecule has 2 rings (SSSR count). The molecule has 24 heavy (non-hydrogen) atoms. The highest BCUT2D eigenvalue weighted by Gasteiger charge is 2.11. The molecule has 0 saturated carbocycles. The van der Waals surface area contributed by atoms with Crippen molar-refractivity contribution in [3.63, 3.8) is 0 Å². The minimum atomic E-state index is -0.378. The van der Waals surface area contributed by atoms with Gasteiger partial charge in [0.05, 0.1) is 11.3 Å². The number of benzene rings is 1. The second-order valence-electron chi connectivity index (χ2n) is 5.64. The van der Waals surface area contributed by atoms with Gasteiger partial charge >= 0.3 is 0 Å². The second-order valence-corrected chi connectivity index (χ2v) is 6.60. The maximum absolute atomic E-state index is 12.0. The number of H-pyrrole nitrogens is 1. The molecule has 3 N–H and O–H groups in total. The van der Waals surface area contributed by atoms with Crippen molar-refractivity contribution in [3.8, 4) is 5.88 Å². The molecule has 6 nitrogen and oxygen atoms in total. The third-order valence-corrected chi connectivity index (χ3v) is 4.40. The first-order chi connectivity index (χ1) is 11.4. The number of amides is 1. The van der Waals surface area contributed by atoms with E-state index in [4.69, 9.17) is 0 Å². The molecule has 0 aliphatic rings. The van der Waals surface area contributed by atoms with E-state index in [0.717, 1.165) is 17.4 Å². The lowest BCUT2D eigenvalue weighted by Crippen LogP contribution is -2.17. The van der Waals surface area contributed by atoms with Crippen LogP contribution >= 0.6 is 11.8 Å². The van der Waals surface area contributed by atoms with Gasteiger partial charge in [0.25, 0.3) is 5.56 Å². The van der Waals surface area contributed by atoms with E-state index in [9.17, 15) is 14.7 Å². The zero-order valence-corrected chi connectivity index (χ0v) is 14.7. The summed E-state index contributed by atoms with van der Waals surface area (Å²) in [6.07, 6.45) is 0.395. The molecule has 0 aliphatic carbocycles. The molecular formula is C17H21N3O3S. The quantitative estimate of drug-likeness (QED) is 0.552. The summed E-state index contributed by atoms with van der Waals surface area (Å²) in [4.78, 5) is 30.2. The molecule has 1 aromatic heterocycles. The van der Waals surface area contributed by atoms with Crippen molar-refractivity contribution in [1.29, 1.82) is 0 Å². The number of thioether (sulfide) groups is 1. The molecule has 128 valence electrons. The molecule has 7 heteroatoms. The van der Waals surface area contributed by atoms with Crippen LogP contribution in [0.5, 0.6) is 5.88 Å². The molecule has 0 atom stereocenters. The maximum Gasteiger partial charge on any atom is 0.258 e. The first kappa shape index (κ1) is 18.1. The van der Waals surface area contributed by atoms with Crippen LogP contribution in [0, 0.1) is 0 Å². The number of carbonyl (C=O) groups is 1. The van der Waals surface area contributed by atoms with Gasteiger partial charge in [-0.25, -0.2) is 0 Å². The van der Waals surface area contributed by atoms with Gasteiger partial charge in [-0.1, -0.05) is 44.7 Å². The van der Waals surface area contributed by atoms with Gasteiger partial charge in [-0.05, 0) is 30.0 Å². The summed E-state index contributed by atoms with van der Waals surface area (Å²) in [5.74, 6) is 0.0270. The Morgan fingerprint density at radius 1 is 1.33 bits per heavy atom. The molecule has 0 saturated heterocycles. The predicted octanol–water partition coefficient (Wildman–Crippen LogP) is 2.89. The van der Waals surface area contributed by atoms with Gasteiger partial charge in [0.1, 0.15) is 0 Å². The number of aromatic hydroxyl groups is 1. The van der Waals surface area contributed by atoms with Crippen molar-refractivity contribution in [2.24, 2.45) is 0 Å². The first-order valence-electron chi connectivity index (χ1n) is 7.75. The van der Waals surface area contributed by atoms with Crippen LogP contribution in [0.15, 0.2) is 34.2 Å². The number of anilines is 1. The summed E-state index contributed by atoms with van der Waals surface area (Å²) in [7, 11) is 0. The zero-order chi connectivity index (χ0) is 17.7. The lowest BCUT2D eigenvalue weighted by molar-refractivity contribution is -0.113. The fourth-order valence-electron chi connectivity index (χ4n) is 2.14. The molecule has 0 spiro atoms. The van der Waals surface area contributed by atoms with Crippen LogP contribution < -0.4 is 10.9 Å². The Kier molecular flexibility index (Phi) is 6.03. The van der Waals surface area contributed by atoms with Gasteiger partial charge in [0.15, 0.2) is 5.16 Å². The molecule has 0 aliphatic heterocycles. The van der Waals surface area contributed by atoms with Gasteiger partial charge in [-0.3, -0.25) is 9.59 Å². The predicted molar refractivity (Wildman–Crippen MR) is 95.8 cm³/mol. The normalized spacial score (nSPS) is 10.8. The van der Waals surface area contributed by atoms with Gasteiger partial charge in [0.2, 0.25) is 11.8 Å². The third kappa shape index (κ3) is 4.61. The number of carbonyl (C=O) groups excluding carboxylic acids is 1. The number of nitrogens with one attached hydrogen (secondary N) is 2. The lowest BCUT2D eigenvalue weighted by atomic mass is 10.0. The monoisotopic (exact) mass is 347 g/mol. The van der Waals surface area contributed by atoms with Gasteiger partial charge in [-0.15, -0.1) is 0 Å². The SMILES string of the molecule is CCc1c(O)nc(SCC(=O)Nc2ccc(C(C)C)cc2)[nH]c1=O. The Balaban J connectivity index is 1.95. The molecule has 0 fully saturated rings. The average Bonchev–Trinajstić information content (AvgIpc) is 2.53. The van der Waals surface area contributed by atoms with Gasteiger partial charge in [0, 0.05) is 5.69 Å². The molecule has 0 bridgehead atoms. The Labute approximate surface area is 144 Å². The standard InChI is InChI=1S/C17H21N3O3S/c1-4-13-15(22)19-17(20-16(13)23)24-9-14(21)18-12-7-5-11(6-8-12)10(2)3/h5-8,10H,4,9H2,1-3H3,(H,18,21)(H2,19,20,22,23). The van der Waals surface area contributed by atoms with Crippen LogP contribution in [0.2, 0.25) is 0 Å². The molecule has 1 aromatic carbocycles. The van der Waals surface area contributed by atoms with Crippen molar-refractivity contribution in [3.05, 3.63) is 45.7 Å². The molecule has 0 radical (unpaired) electrons. The van der Waals surface area contributed by atoms with Crippen molar-refractivity contribution < 1.29 is 9.90 Å². The number of nitrogens with zero attached hydrogens (tertiary/aromatic N) is 1. The summed E-state index contributed by atoms with van der Waals surface area (Å²) < 4.78 is 0. The Bertz CT molecular complexity index is 770. The van der Waals surface area contributed by atoms with Crippen molar-refractivity contribution >= 4 is 23.4 Å². The number of rotatable bonds is 6. The van der Waals surface area contributed by atoms with Crippen LogP contribution in [0.3, 0.4) is 0 Å². The summed E-state index contributed by atoms with van der Waals surface area (Å²) in [6, 6.07) is 7.68. The summed E-state index contributed by atoms with van der Waals surface area (Å²) in [5.41, 5.74) is 1.79. The first-order valence-corrected chi connectivity index (χ1v) is 8.74. The number of aromatic nitrogens is 2. The van der Waals surface area contributed by atoms with E-state index in [-0.39, 0.29) is 33.8 Å². The van der Waals surface area contributed by atoms with E-state index >= 15 is 0 Å². The van der Waals surface area contributed by atoms with Crippen molar-refractivity contribution in [1.82, 2.24) is 9.97 Å². The lowest BCUT2D eigenvalue weighted by Gasteiger charge is -2.08. The summed E-state index contributed by atoms with van der Waals surface area (Å²) in [6.45, 7) is 5.98. The van der Waals surface area contributed by atoms with E-state index in [1.165, 1.54) is 5.56 Å². The molecule has 2 aromatic rings. The highest BCUT2D eigenvalue weighted by Crippen LogP contribution is 2.19. The Morgan fingerprint density at radius 2 is 2.00 bits per heavy atom. The number of hydrogen-bond donors (Lipinski definition) is 3. The van der Waals surface area contributed by atoms with Crippen molar-refractivity contribution in [2.45, 2.75) is 38.3 Å². The van der Waals surface area contributed by atoms with Crippen LogP contribution in [0.25, 0.3) is 0 Å². The average molecular weight is 347 g/mol. The summed E-state index contributed by atoms with van der Waals surface area (Å²) >= 11 is 1.06. The molecular weight excluding hydrogens is 326 g/mol. The fourth-order valence-corrected chi connectivity index (χ4v) is 2.79. The molecule has 0 unspecified atom stereocenters. The minimum Gasteiger partial charge on any atom is -0.493 e. The maximum atomic E-state index is 12.0. The smallest absolute Gasteiger partial charge is 0.258 e. The summed E-state index contributed by atoms with van der Waals surface area (Å²) in [5, 5.41) is 12.7. The van der Waals surface area contributed by atoms with E-state index < -0.39 is 0 Å². The number of hydrogen-bond acceptors (Lipinski definition) is 5.